The largest absolute Gasteiger partial charge is 0.481 e. The monoisotopic (exact) mass is 329 g/mol. The van der Waals surface area contributed by atoms with Gasteiger partial charge in [-0.1, -0.05) is 23.9 Å². The molecule has 2 aromatic rings. The molecule has 0 atom stereocenters. The summed E-state index contributed by atoms with van der Waals surface area (Å²) in [5.74, 6) is -0.874. The fraction of sp³-hybridized carbons (Fsp3) is 0.0833. The Balaban J connectivity index is 2.10. The number of primary sulfonamides is 1. The normalized spacial score (nSPS) is 11.4. The molecule has 1 heterocycles. The van der Waals surface area contributed by atoms with Gasteiger partial charge in [0, 0.05) is 4.90 Å². The number of carboxylic acids is 1. The van der Waals surface area contributed by atoms with E-state index in [4.69, 9.17) is 10.2 Å². The van der Waals surface area contributed by atoms with Crippen LogP contribution >= 0.6 is 23.1 Å². The summed E-state index contributed by atoms with van der Waals surface area (Å²) < 4.78 is 23.3. The van der Waals surface area contributed by atoms with Crippen LogP contribution in [0, 0.1) is 0 Å². The van der Waals surface area contributed by atoms with Gasteiger partial charge in [-0.3, -0.25) is 4.79 Å². The molecule has 0 radical (unpaired) electrons. The first-order valence-electron chi connectivity index (χ1n) is 5.46. The van der Waals surface area contributed by atoms with E-state index in [9.17, 15) is 13.2 Å². The minimum Gasteiger partial charge on any atom is -0.481 e. The van der Waals surface area contributed by atoms with Crippen LogP contribution in [0.2, 0.25) is 0 Å². The topological polar surface area (TPSA) is 97.5 Å². The van der Waals surface area contributed by atoms with Crippen LogP contribution in [0.15, 0.2) is 49.7 Å². The number of carbonyl (C=O) groups is 1. The van der Waals surface area contributed by atoms with E-state index in [0.29, 0.717) is 0 Å². The summed E-state index contributed by atoms with van der Waals surface area (Å²) in [5.41, 5.74) is 0.721. The van der Waals surface area contributed by atoms with Gasteiger partial charge in [-0.2, -0.15) is 0 Å². The third kappa shape index (κ3) is 4.07. The number of hydrogen-bond donors (Lipinski definition) is 2. The summed E-state index contributed by atoms with van der Waals surface area (Å²) in [6.45, 7) is 0. The molecule has 0 aliphatic carbocycles. The number of thiophene rings is 1. The Hall–Kier alpha value is -1.35. The summed E-state index contributed by atoms with van der Waals surface area (Å²) in [7, 11) is -3.65. The molecule has 2 rings (SSSR count). The third-order valence-electron chi connectivity index (χ3n) is 2.33. The van der Waals surface area contributed by atoms with Crippen molar-refractivity contribution in [2.45, 2.75) is 19.7 Å². The van der Waals surface area contributed by atoms with Gasteiger partial charge in [0.1, 0.15) is 4.21 Å². The van der Waals surface area contributed by atoms with Crippen LogP contribution in [0.3, 0.4) is 0 Å². The lowest BCUT2D eigenvalue weighted by Gasteiger charge is -2.00. The number of benzene rings is 1. The van der Waals surface area contributed by atoms with Crippen molar-refractivity contribution in [2.75, 3.05) is 0 Å². The van der Waals surface area contributed by atoms with Crippen molar-refractivity contribution in [3.05, 3.63) is 42.0 Å². The van der Waals surface area contributed by atoms with Crippen molar-refractivity contribution in [2.24, 2.45) is 5.14 Å². The third-order valence-corrected chi connectivity index (χ3v) is 6.00. The highest BCUT2D eigenvalue weighted by Gasteiger charge is 2.11. The quantitative estimate of drug-likeness (QED) is 0.876. The van der Waals surface area contributed by atoms with Crippen molar-refractivity contribution in [1.29, 1.82) is 0 Å². The van der Waals surface area contributed by atoms with E-state index in [-0.39, 0.29) is 10.6 Å². The molecule has 0 fully saturated rings. The number of sulfonamides is 1. The van der Waals surface area contributed by atoms with E-state index in [0.717, 1.165) is 26.0 Å². The van der Waals surface area contributed by atoms with E-state index < -0.39 is 16.0 Å². The van der Waals surface area contributed by atoms with Crippen molar-refractivity contribution >= 4 is 39.1 Å². The standard InChI is InChI=1S/C12H11NO4S3/c13-20(16,17)12-6-5-11(19-12)18-9-3-1-8(2-4-9)7-10(14)15/h1-6H,7H2,(H,14,15)(H2,13,16,17). The molecule has 0 saturated carbocycles. The average molecular weight is 329 g/mol. The lowest BCUT2D eigenvalue weighted by Crippen LogP contribution is -2.09. The van der Waals surface area contributed by atoms with Gasteiger partial charge in [0.2, 0.25) is 10.0 Å². The summed E-state index contributed by atoms with van der Waals surface area (Å²) in [6, 6.07) is 10.3. The first-order valence-corrected chi connectivity index (χ1v) is 8.64. The molecule has 0 saturated heterocycles. The van der Waals surface area contributed by atoms with Gasteiger partial charge >= 0.3 is 5.97 Å². The Morgan fingerprint density at radius 2 is 1.85 bits per heavy atom. The Morgan fingerprint density at radius 1 is 1.20 bits per heavy atom. The molecule has 3 N–H and O–H groups in total. The summed E-state index contributed by atoms with van der Waals surface area (Å²) in [6.07, 6.45) is -0.0144. The van der Waals surface area contributed by atoms with Crippen LogP contribution in [0.1, 0.15) is 5.56 Å². The molecule has 0 aliphatic heterocycles. The van der Waals surface area contributed by atoms with Crippen LogP contribution in [0.4, 0.5) is 0 Å². The van der Waals surface area contributed by atoms with E-state index in [2.05, 4.69) is 0 Å². The Morgan fingerprint density at radius 3 is 2.35 bits per heavy atom. The van der Waals surface area contributed by atoms with E-state index >= 15 is 0 Å². The molecule has 0 aliphatic rings. The van der Waals surface area contributed by atoms with Crippen LogP contribution in [-0.2, 0) is 21.2 Å². The predicted molar refractivity (Wildman–Crippen MR) is 77.6 cm³/mol. The van der Waals surface area contributed by atoms with Gasteiger partial charge in [0.25, 0.3) is 0 Å². The second-order valence-corrected chi connectivity index (χ2v) is 8.18. The van der Waals surface area contributed by atoms with Gasteiger partial charge < -0.3 is 5.11 Å². The van der Waals surface area contributed by atoms with E-state index in [1.165, 1.54) is 17.8 Å². The van der Waals surface area contributed by atoms with Crippen LogP contribution in [-0.4, -0.2) is 19.5 Å². The van der Waals surface area contributed by atoms with Gasteiger partial charge in [0.05, 0.1) is 10.6 Å². The molecule has 1 aromatic heterocycles. The van der Waals surface area contributed by atoms with Gasteiger partial charge in [0.15, 0.2) is 0 Å². The Labute approximate surface area is 124 Å². The highest BCUT2D eigenvalue weighted by atomic mass is 32.3. The molecule has 8 heteroatoms. The lowest BCUT2D eigenvalue weighted by atomic mass is 10.2. The molecular formula is C12H11NO4S3. The zero-order valence-electron chi connectivity index (χ0n) is 10.1. The molecule has 1 aromatic carbocycles. The van der Waals surface area contributed by atoms with E-state index in [1.54, 1.807) is 30.3 Å². The Bertz CT molecular complexity index is 719. The summed E-state index contributed by atoms with van der Waals surface area (Å²) >= 11 is 2.51. The molecular weight excluding hydrogens is 318 g/mol. The average Bonchev–Trinajstić information content (AvgIpc) is 2.79. The minimum atomic E-state index is -3.65. The SMILES string of the molecule is NS(=O)(=O)c1ccc(Sc2ccc(CC(=O)O)cc2)s1. The first-order chi connectivity index (χ1) is 9.34. The molecule has 5 nitrogen and oxygen atoms in total. The van der Waals surface area contributed by atoms with Crippen LogP contribution < -0.4 is 5.14 Å². The maximum Gasteiger partial charge on any atom is 0.307 e. The van der Waals surface area contributed by atoms with Crippen molar-refractivity contribution < 1.29 is 18.3 Å². The smallest absolute Gasteiger partial charge is 0.307 e. The van der Waals surface area contributed by atoms with Gasteiger partial charge in [-0.15, -0.1) is 11.3 Å². The van der Waals surface area contributed by atoms with Gasteiger partial charge in [-0.25, -0.2) is 13.6 Å². The first kappa shape index (κ1) is 15.0. The number of hydrogen-bond acceptors (Lipinski definition) is 5. The number of carboxylic acid groups (broad SMARTS) is 1. The van der Waals surface area contributed by atoms with Crippen LogP contribution in [0.5, 0.6) is 0 Å². The van der Waals surface area contributed by atoms with Crippen molar-refractivity contribution in [3.63, 3.8) is 0 Å². The highest BCUT2D eigenvalue weighted by Crippen LogP contribution is 2.34. The molecule has 0 unspecified atom stereocenters. The molecule has 0 amide bonds. The second kappa shape index (κ2) is 5.96. The maximum absolute atomic E-state index is 11.2. The van der Waals surface area contributed by atoms with Gasteiger partial charge in [-0.05, 0) is 29.8 Å². The maximum atomic E-state index is 11.2. The van der Waals surface area contributed by atoms with Crippen molar-refractivity contribution in [3.8, 4) is 0 Å². The highest BCUT2D eigenvalue weighted by molar-refractivity contribution is 8.01. The molecule has 106 valence electrons. The zero-order valence-corrected chi connectivity index (χ0v) is 12.6. The van der Waals surface area contributed by atoms with E-state index in [1.807, 2.05) is 0 Å². The molecule has 0 bridgehead atoms. The zero-order chi connectivity index (χ0) is 14.8. The second-order valence-electron chi connectivity index (χ2n) is 3.94. The molecule has 20 heavy (non-hydrogen) atoms. The summed E-state index contributed by atoms with van der Waals surface area (Å²) in [5, 5.41) is 13.7. The number of aliphatic carboxylic acids is 1. The Kier molecular flexibility index (Phi) is 4.48. The summed E-state index contributed by atoms with van der Waals surface area (Å²) in [4.78, 5) is 11.5. The van der Waals surface area contributed by atoms with Crippen molar-refractivity contribution in [1.82, 2.24) is 0 Å². The van der Waals surface area contributed by atoms with Crippen LogP contribution in [0.25, 0.3) is 0 Å². The lowest BCUT2D eigenvalue weighted by molar-refractivity contribution is -0.136. The molecule has 0 spiro atoms. The fourth-order valence-electron chi connectivity index (χ4n) is 1.48. The number of nitrogens with two attached hydrogens (primary N) is 1. The number of rotatable bonds is 5. The minimum absolute atomic E-state index is 0.0144. The fourth-order valence-corrected chi connectivity index (χ4v) is 4.46. The predicted octanol–water partition coefficient (Wildman–Crippen LogP) is 2.17.